The Kier molecular flexibility index (Phi) is 7.31. The van der Waals surface area contributed by atoms with Gasteiger partial charge in [-0.05, 0) is 48.6 Å². The van der Waals surface area contributed by atoms with Gasteiger partial charge in [-0.15, -0.1) is 0 Å². The Balaban J connectivity index is 1.69. The lowest BCUT2D eigenvalue weighted by molar-refractivity contribution is -0.128. The lowest BCUT2D eigenvalue weighted by Crippen LogP contribution is -2.44. The van der Waals surface area contributed by atoms with E-state index in [2.05, 4.69) is 27.8 Å². The summed E-state index contributed by atoms with van der Waals surface area (Å²) in [5, 5.41) is 7.10. The molecule has 3 rings (SSSR count). The fraction of sp³-hybridized carbons (Fsp3) is 0.364. The van der Waals surface area contributed by atoms with Crippen LogP contribution < -0.4 is 10.6 Å². The van der Waals surface area contributed by atoms with Crippen LogP contribution in [0.2, 0.25) is 5.02 Å². The van der Waals surface area contributed by atoms with Crippen LogP contribution >= 0.6 is 11.6 Å². The summed E-state index contributed by atoms with van der Waals surface area (Å²) in [6.07, 6.45) is 2.20. The standard InChI is InChI=1S/C22H27ClN4O/c1-2-24-22(26-16-21(28)27-13-5-6-14-27)25-15-18-7-3-4-8-20(18)17-9-11-19(23)12-10-17/h3-4,7-12H,2,5-6,13-16H2,1H3,(H2,24,25,26). The van der Waals surface area contributed by atoms with Crippen LogP contribution in [0.1, 0.15) is 25.3 Å². The molecule has 28 heavy (non-hydrogen) atoms. The van der Waals surface area contributed by atoms with E-state index in [1.807, 2.05) is 48.2 Å². The summed E-state index contributed by atoms with van der Waals surface area (Å²) in [7, 11) is 0. The highest BCUT2D eigenvalue weighted by Crippen LogP contribution is 2.25. The predicted octanol–water partition coefficient (Wildman–Crippen LogP) is 3.68. The first-order chi connectivity index (χ1) is 13.7. The average molecular weight is 399 g/mol. The summed E-state index contributed by atoms with van der Waals surface area (Å²) in [4.78, 5) is 18.9. The lowest BCUT2D eigenvalue weighted by Gasteiger charge is -2.17. The topological polar surface area (TPSA) is 56.7 Å². The van der Waals surface area contributed by atoms with Crippen LogP contribution in [-0.2, 0) is 11.3 Å². The van der Waals surface area contributed by atoms with E-state index >= 15 is 0 Å². The van der Waals surface area contributed by atoms with Crippen LogP contribution in [0.15, 0.2) is 53.5 Å². The highest BCUT2D eigenvalue weighted by atomic mass is 35.5. The maximum Gasteiger partial charge on any atom is 0.241 e. The molecular formula is C22H27ClN4O. The van der Waals surface area contributed by atoms with E-state index in [1.165, 1.54) is 0 Å². The predicted molar refractivity (Wildman–Crippen MR) is 116 cm³/mol. The van der Waals surface area contributed by atoms with Gasteiger partial charge in [0, 0.05) is 24.7 Å². The third kappa shape index (κ3) is 5.49. The van der Waals surface area contributed by atoms with E-state index in [0.717, 1.165) is 54.2 Å². The highest BCUT2D eigenvalue weighted by molar-refractivity contribution is 6.30. The lowest BCUT2D eigenvalue weighted by atomic mass is 10.00. The molecule has 6 heteroatoms. The van der Waals surface area contributed by atoms with Gasteiger partial charge in [0.25, 0.3) is 0 Å². The van der Waals surface area contributed by atoms with Crippen LogP contribution in [0.3, 0.4) is 0 Å². The van der Waals surface area contributed by atoms with Gasteiger partial charge in [0.15, 0.2) is 5.96 Å². The number of aliphatic imine (C=N–C) groups is 1. The maximum atomic E-state index is 12.3. The Labute approximate surface area is 171 Å². The van der Waals surface area contributed by atoms with E-state index in [9.17, 15) is 4.79 Å². The molecule has 2 aromatic carbocycles. The molecule has 1 saturated heterocycles. The second-order valence-corrected chi connectivity index (χ2v) is 7.24. The van der Waals surface area contributed by atoms with Crippen LogP contribution in [0.5, 0.6) is 0 Å². The quantitative estimate of drug-likeness (QED) is 0.576. The molecule has 0 atom stereocenters. The van der Waals surface area contributed by atoms with E-state index < -0.39 is 0 Å². The normalized spacial score (nSPS) is 14.2. The Hall–Kier alpha value is -2.53. The Morgan fingerprint density at radius 3 is 2.50 bits per heavy atom. The van der Waals surface area contributed by atoms with E-state index in [1.54, 1.807) is 0 Å². The largest absolute Gasteiger partial charge is 0.357 e. The number of benzene rings is 2. The van der Waals surface area contributed by atoms with Gasteiger partial charge in [0.2, 0.25) is 5.91 Å². The minimum Gasteiger partial charge on any atom is -0.357 e. The van der Waals surface area contributed by atoms with Crippen molar-refractivity contribution in [3.63, 3.8) is 0 Å². The number of rotatable bonds is 6. The molecular weight excluding hydrogens is 372 g/mol. The van der Waals surface area contributed by atoms with Crippen LogP contribution in [0, 0.1) is 0 Å². The van der Waals surface area contributed by atoms with Gasteiger partial charge in [-0.25, -0.2) is 4.99 Å². The number of hydrogen-bond acceptors (Lipinski definition) is 2. The van der Waals surface area contributed by atoms with Gasteiger partial charge in [-0.1, -0.05) is 48.0 Å². The third-order valence-corrected chi connectivity index (χ3v) is 5.04. The van der Waals surface area contributed by atoms with Gasteiger partial charge < -0.3 is 15.5 Å². The summed E-state index contributed by atoms with van der Waals surface area (Å²) in [6, 6.07) is 16.0. The molecule has 1 heterocycles. The highest BCUT2D eigenvalue weighted by Gasteiger charge is 2.17. The van der Waals surface area contributed by atoms with Gasteiger partial charge in [-0.3, -0.25) is 4.79 Å². The zero-order valence-electron chi connectivity index (χ0n) is 16.2. The molecule has 0 aromatic heterocycles. The average Bonchev–Trinajstić information content (AvgIpc) is 3.26. The van der Waals surface area contributed by atoms with Crippen molar-refractivity contribution in [2.75, 3.05) is 26.2 Å². The van der Waals surface area contributed by atoms with Crippen molar-refractivity contribution >= 4 is 23.5 Å². The monoisotopic (exact) mass is 398 g/mol. The molecule has 1 fully saturated rings. The number of likely N-dealkylation sites (tertiary alicyclic amines) is 1. The van der Waals surface area contributed by atoms with Crippen LogP contribution in [0.25, 0.3) is 11.1 Å². The van der Waals surface area contributed by atoms with Gasteiger partial charge in [0.05, 0.1) is 13.1 Å². The van der Waals surface area contributed by atoms with Crippen molar-refractivity contribution in [1.29, 1.82) is 0 Å². The molecule has 0 aliphatic carbocycles. The minimum absolute atomic E-state index is 0.129. The summed E-state index contributed by atoms with van der Waals surface area (Å²) in [5.74, 6) is 0.783. The number of nitrogens with zero attached hydrogens (tertiary/aromatic N) is 2. The minimum atomic E-state index is 0.129. The summed E-state index contributed by atoms with van der Waals surface area (Å²) in [5.41, 5.74) is 3.36. The van der Waals surface area contributed by atoms with E-state index in [4.69, 9.17) is 11.6 Å². The van der Waals surface area contributed by atoms with Gasteiger partial charge >= 0.3 is 0 Å². The van der Waals surface area contributed by atoms with Crippen molar-refractivity contribution < 1.29 is 4.79 Å². The summed E-state index contributed by atoms with van der Waals surface area (Å²) in [6.45, 7) is 5.27. The number of hydrogen-bond donors (Lipinski definition) is 2. The maximum absolute atomic E-state index is 12.3. The number of guanidine groups is 1. The second-order valence-electron chi connectivity index (χ2n) is 6.80. The first-order valence-electron chi connectivity index (χ1n) is 9.81. The summed E-state index contributed by atoms with van der Waals surface area (Å²) < 4.78 is 0. The Morgan fingerprint density at radius 1 is 1.07 bits per heavy atom. The second kappa shape index (κ2) is 10.1. The van der Waals surface area contributed by atoms with Gasteiger partial charge in [0.1, 0.15) is 0 Å². The number of carbonyl (C=O) groups excluding carboxylic acids is 1. The van der Waals surface area contributed by atoms with Crippen molar-refractivity contribution in [1.82, 2.24) is 15.5 Å². The van der Waals surface area contributed by atoms with Crippen molar-refractivity contribution in [2.24, 2.45) is 4.99 Å². The molecule has 148 valence electrons. The van der Waals surface area contributed by atoms with Crippen LogP contribution in [-0.4, -0.2) is 42.9 Å². The first-order valence-corrected chi connectivity index (χ1v) is 10.2. The number of amides is 1. The zero-order chi connectivity index (χ0) is 19.8. The molecule has 5 nitrogen and oxygen atoms in total. The number of carbonyl (C=O) groups is 1. The van der Waals surface area contributed by atoms with Crippen molar-refractivity contribution in [2.45, 2.75) is 26.3 Å². The summed E-state index contributed by atoms with van der Waals surface area (Å²) >= 11 is 6.01. The van der Waals surface area contributed by atoms with E-state index in [0.29, 0.717) is 12.5 Å². The Bertz CT molecular complexity index is 814. The molecule has 2 aromatic rings. The molecule has 2 N–H and O–H groups in total. The molecule has 0 radical (unpaired) electrons. The van der Waals surface area contributed by atoms with Crippen molar-refractivity contribution in [3.8, 4) is 11.1 Å². The molecule has 0 spiro atoms. The fourth-order valence-electron chi connectivity index (χ4n) is 3.31. The SMILES string of the molecule is CCNC(=NCc1ccccc1-c1ccc(Cl)cc1)NCC(=O)N1CCCC1. The third-order valence-electron chi connectivity index (χ3n) is 4.79. The van der Waals surface area contributed by atoms with Gasteiger partial charge in [-0.2, -0.15) is 0 Å². The molecule has 0 unspecified atom stereocenters. The zero-order valence-corrected chi connectivity index (χ0v) is 17.0. The molecule has 1 aliphatic rings. The Morgan fingerprint density at radius 2 is 1.79 bits per heavy atom. The number of nitrogens with one attached hydrogen (secondary N) is 2. The van der Waals surface area contributed by atoms with Crippen molar-refractivity contribution in [3.05, 3.63) is 59.1 Å². The molecule has 0 bridgehead atoms. The number of halogens is 1. The molecule has 1 amide bonds. The smallest absolute Gasteiger partial charge is 0.241 e. The fourth-order valence-corrected chi connectivity index (χ4v) is 3.44. The van der Waals surface area contributed by atoms with Crippen LogP contribution in [0.4, 0.5) is 0 Å². The van der Waals surface area contributed by atoms with E-state index in [-0.39, 0.29) is 12.5 Å². The first kappa shape index (κ1) is 20.2. The molecule has 0 saturated carbocycles. The molecule has 1 aliphatic heterocycles.